The summed E-state index contributed by atoms with van der Waals surface area (Å²) in [6.45, 7) is 7.93. The van der Waals surface area contributed by atoms with Gasteiger partial charge in [-0.25, -0.2) is 9.79 Å². The van der Waals surface area contributed by atoms with Gasteiger partial charge in [-0.3, -0.25) is 4.68 Å². The van der Waals surface area contributed by atoms with Crippen LogP contribution < -0.4 is 0 Å². The van der Waals surface area contributed by atoms with Crippen molar-refractivity contribution in [1.29, 1.82) is 0 Å². The van der Waals surface area contributed by atoms with Gasteiger partial charge in [-0.05, 0) is 57.0 Å². The second kappa shape index (κ2) is 5.50. The lowest BCUT2D eigenvalue weighted by Crippen LogP contribution is -2.05. The number of ether oxygens (including phenoxy) is 1. The maximum absolute atomic E-state index is 12.1. The van der Waals surface area contributed by atoms with E-state index in [1.165, 1.54) is 5.56 Å². The molecule has 23 heavy (non-hydrogen) atoms. The summed E-state index contributed by atoms with van der Waals surface area (Å²) >= 11 is 0. The summed E-state index contributed by atoms with van der Waals surface area (Å²) in [6.07, 6.45) is 1.74. The minimum atomic E-state index is -0.430. The lowest BCUT2D eigenvalue weighted by atomic mass is 10.1. The van der Waals surface area contributed by atoms with Gasteiger partial charge >= 0.3 is 5.97 Å². The quantitative estimate of drug-likeness (QED) is 0.633. The molecule has 0 unspecified atom stereocenters. The molecule has 2 aromatic rings. The van der Waals surface area contributed by atoms with Crippen LogP contribution in [-0.2, 0) is 16.6 Å². The highest BCUT2D eigenvalue weighted by molar-refractivity contribution is 6.13. The number of rotatable bonds is 2. The third-order valence-electron chi connectivity index (χ3n) is 4.22. The molecular formula is C18H19N3O2. The molecule has 0 saturated carbocycles. The Bertz CT molecular complexity index is 873. The molecule has 2 heterocycles. The van der Waals surface area contributed by atoms with Crippen LogP contribution in [0.3, 0.4) is 0 Å². The molecule has 0 amide bonds. The number of hydrogen-bond donors (Lipinski definition) is 0. The van der Waals surface area contributed by atoms with Crippen LogP contribution >= 0.6 is 0 Å². The number of carbonyl (C=O) groups excluding carboxylic acids is 1. The first-order valence-electron chi connectivity index (χ1n) is 7.47. The van der Waals surface area contributed by atoms with Gasteiger partial charge in [0.2, 0.25) is 5.90 Å². The highest BCUT2D eigenvalue weighted by atomic mass is 16.6. The Morgan fingerprint density at radius 1 is 1.13 bits per heavy atom. The monoisotopic (exact) mass is 309 g/mol. The van der Waals surface area contributed by atoms with E-state index in [2.05, 4.69) is 10.1 Å². The Morgan fingerprint density at radius 3 is 2.48 bits per heavy atom. The van der Waals surface area contributed by atoms with E-state index in [-0.39, 0.29) is 0 Å². The number of aromatic nitrogens is 2. The zero-order valence-electron chi connectivity index (χ0n) is 14.0. The van der Waals surface area contributed by atoms with E-state index in [4.69, 9.17) is 4.74 Å². The lowest BCUT2D eigenvalue weighted by Gasteiger charge is -2.03. The van der Waals surface area contributed by atoms with Crippen molar-refractivity contribution in [2.24, 2.45) is 12.0 Å². The van der Waals surface area contributed by atoms with Crippen molar-refractivity contribution < 1.29 is 9.53 Å². The Balaban J connectivity index is 2.01. The number of hydrogen-bond acceptors (Lipinski definition) is 4. The van der Waals surface area contributed by atoms with Crippen LogP contribution in [0.1, 0.15) is 33.6 Å². The number of aliphatic imine (C=N–C) groups is 1. The standard InChI is InChI=1S/C18H19N3O2/c1-10-6-7-14(8-11(10)2)17-19-16(18(22)23-17)9-15-12(3)20-21(5)13(15)4/h6-9H,1-5H3/b16-9-. The zero-order valence-corrected chi connectivity index (χ0v) is 14.0. The Hall–Kier alpha value is -2.69. The highest BCUT2D eigenvalue weighted by Gasteiger charge is 2.25. The fraction of sp³-hybridized carbons (Fsp3) is 0.278. The van der Waals surface area contributed by atoms with Gasteiger partial charge in [0.1, 0.15) is 0 Å². The number of nitrogens with zero attached hydrogens (tertiary/aromatic N) is 3. The molecule has 1 aliphatic heterocycles. The van der Waals surface area contributed by atoms with Crippen molar-refractivity contribution >= 4 is 17.9 Å². The van der Waals surface area contributed by atoms with Gasteiger partial charge in [-0.1, -0.05) is 6.07 Å². The van der Waals surface area contributed by atoms with Gasteiger partial charge in [0, 0.05) is 23.9 Å². The first kappa shape index (κ1) is 15.2. The van der Waals surface area contributed by atoms with Gasteiger partial charge in [0.05, 0.1) is 5.69 Å². The van der Waals surface area contributed by atoms with Crippen LogP contribution in [0.5, 0.6) is 0 Å². The first-order chi connectivity index (χ1) is 10.9. The Morgan fingerprint density at radius 2 is 1.87 bits per heavy atom. The first-order valence-corrected chi connectivity index (χ1v) is 7.47. The van der Waals surface area contributed by atoms with E-state index in [0.29, 0.717) is 11.6 Å². The van der Waals surface area contributed by atoms with Crippen molar-refractivity contribution in [3.63, 3.8) is 0 Å². The van der Waals surface area contributed by atoms with Crippen LogP contribution in [0, 0.1) is 27.7 Å². The Labute approximate surface area is 135 Å². The minimum absolute atomic E-state index is 0.303. The van der Waals surface area contributed by atoms with E-state index in [1.54, 1.807) is 10.8 Å². The topological polar surface area (TPSA) is 56.5 Å². The molecule has 0 fully saturated rings. The predicted molar refractivity (Wildman–Crippen MR) is 89.2 cm³/mol. The molecule has 1 aromatic heterocycles. The second-order valence-corrected chi connectivity index (χ2v) is 5.84. The fourth-order valence-corrected chi connectivity index (χ4v) is 2.54. The van der Waals surface area contributed by atoms with Crippen molar-refractivity contribution in [2.75, 3.05) is 0 Å². The number of cyclic esters (lactones) is 1. The van der Waals surface area contributed by atoms with Crippen molar-refractivity contribution in [2.45, 2.75) is 27.7 Å². The Kier molecular flexibility index (Phi) is 3.64. The molecule has 3 rings (SSSR count). The second-order valence-electron chi connectivity index (χ2n) is 5.84. The van der Waals surface area contributed by atoms with Gasteiger partial charge in [-0.2, -0.15) is 5.10 Å². The highest BCUT2D eigenvalue weighted by Crippen LogP contribution is 2.23. The van der Waals surface area contributed by atoms with Crippen molar-refractivity contribution in [3.05, 3.63) is 57.5 Å². The summed E-state index contributed by atoms with van der Waals surface area (Å²) < 4.78 is 7.12. The molecule has 0 N–H and O–H groups in total. The summed E-state index contributed by atoms with van der Waals surface area (Å²) in [5.41, 5.74) is 6.19. The van der Waals surface area contributed by atoms with Gasteiger partial charge in [0.25, 0.3) is 0 Å². The summed E-state index contributed by atoms with van der Waals surface area (Å²) in [6, 6.07) is 5.89. The van der Waals surface area contributed by atoms with E-state index in [9.17, 15) is 4.79 Å². The molecule has 118 valence electrons. The number of benzene rings is 1. The SMILES string of the molecule is Cc1ccc(C2=N/C(=C\c3c(C)nn(C)c3C)C(=O)O2)cc1C. The largest absolute Gasteiger partial charge is 0.402 e. The molecule has 0 spiro atoms. The number of esters is 1. The molecule has 0 atom stereocenters. The van der Waals surface area contributed by atoms with Gasteiger partial charge in [0.15, 0.2) is 5.70 Å². The van der Waals surface area contributed by atoms with Crippen LogP contribution in [0.15, 0.2) is 28.9 Å². The number of carbonyl (C=O) groups is 1. The maximum atomic E-state index is 12.1. The van der Waals surface area contributed by atoms with Gasteiger partial charge < -0.3 is 4.74 Å². The van der Waals surface area contributed by atoms with Crippen LogP contribution in [0.4, 0.5) is 0 Å². The summed E-state index contributed by atoms with van der Waals surface area (Å²) in [7, 11) is 1.88. The van der Waals surface area contributed by atoms with E-state index in [1.807, 2.05) is 52.9 Å². The average Bonchev–Trinajstić information content (AvgIpc) is 2.97. The summed E-state index contributed by atoms with van der Waals surface area (Å²) in [4.78, 5) is 16.5. The molecule has 5 nitrogen and oxygen atoms in total. The smallest absolute Gasteiger partial charge is 0.363 e. The maximum Gasteiger partial charge on any atom is 0.363 e. The lowest BCUT2D eigenvalue weighted by molar-refractivity contribution is -0.129. The molecule has 0 aliphatic carbocycles. The van der Waals surface area contributed by atoms with Crippen molar-refractivity contribution in [1.82, 2.24) is 9.78 Å². The molecule has 0 bridgehead atoms. The average molecular weight is 309 g/mol. The molecule has 1 aliphatic rings. The van der Waals surface area contributed by atoms with Crippen LogP contribution in [-0.4, -0.2) is 21.6 Å². The third kappa shape index (κ3) is 2.70. The fourth-order valence-electron chi connectivity index (χ4n) is 2.54. The normalized spacial score (nSPS) is 16.0. The summed E-state index contributed by atoms with van der Waals surface area (Å²) in [5.74, 6) is -0.0792. The van der Waals surface area contributed by atoms with Crippen LogP contribution in [0.2, 0.25) is 0 Å². The van der Waals surface area contributed by atoms with E-state index < -0.39 is 5.97 Å². The molecule has 0 radical (unpaired) electrons. The predicted octanol–water partition coefficient (Wildman–Crippen LogP) is 3.00. The molecule has 5 heteroatoms. The van der Waals surface area contributed by atoms with Gasteiger partial charge in [-0.15, -0.1) is 0 Å². The van der Waals surface area contributed by atoms with Crippen LogP contribution in [0.25, 0.3) is 6.08 Å². The molecule has 1 aromatic carbocycles. The molecule has 0 saturated heterocycles. The minimum Gasteiger partial charge on any atom is -0.402 e. The molecular weight excluding hydrogens is 290 g/mol. The number of aryl methyl sites for hydroxylation is 4. The third-order valence-corrected chi connectivity index (χ3v) is 4.22. The van der Waals surface area contributed by atoms with E-state index in [0.717, 1.165) is 28.1 Å². The van der Waals surface area contributed by atoms with E-state index >= 15 is 0 Å². The summed E-state index contributed by atoms with van der Waals surface area (Å²) in [5, 5.41) is 4.35. The zero-order chi connectivity index (χ0) is 16.7. The van der Waals surface area contributed by atoms with Crippen molar-refractivity contribution in [3.8, 4) is 0 Å².